The molecule has 0 saturated heterocycles. The predicted molar refractivity (Wildman–Crippen MR) is 104 cm³/mol. The summed E-state index contributed by atoms with van der Waals surface area (Å²) in [6.07, 6.45) is 0. The molecular formula is C17H14IN3O6. The maximum atomic E-state index is 11.4. The van der Waals surface area contributed by atoms with Crippen LogP contribution >= 0.6 is 22.6 Å². The number of methoxy groups -OCH3 is 3. The first kappa shape index (κ1) is 18.9. The van der Waals surface area contributed by atoms with Gasteiger partial charge in [-0.15, -0.1) is 0 Å². The number of ether oxygens (including phenoxy) is 3. The average Bonchev–Trinajstić information content (AvgIpc) is 3.17. The zero-order valence-electron chi connectivity index (χ0n) is 14.6. The van der Waals surface area contributed by atoms with Gasteiger partial charge in [-0.3, -0.25) is 10.1 Å². The Balaban J connectivity index is 2.06. The van der Waals surface area contributed by atoms with Crippen LogP contribution in [0.3, 0.4) is 0 Å². The van der Waals surface area contributed by atoms with Crippen molar-refractivity contribution in [2.75, 3.05) is 21.3 Å². The highest BCUT2D eigenvalue weighted by Crippen LogP contribution is 2.41. The number of nitrogens with zero attached hydrogens (tertiary/aromatic N) is 3. The molecule has 0 spiro atoms. The zero-order chi connectivity index (χ0) is 19.6. The van der Waals surface area contributed by atoms with Crippen LogP contribution < -0.4 is 14.2 Å². The fourth-order valence-electron chi connectivity index (χ4n) is 2.46. The van der Waals surface area contributed by atoms with Crippen LogP contribution in [-0.2, 0) is 0 Å². The van der Waals surface area contributed by atoms with Crippen LogP contribution in [0, 0.1) is 13.7 Å². The molecule has 9 nitrogen and oxygen atoms in total. The summed E-state index contributed by atoms with van der Waals surface area (Å²) in [5, 5.41) is 15.3. The van der Waals surface area contributed by atoms with E-state index in [-0.39, 0.29) is 23.1 Å². The normalized spacial score (nSPS) is 10.5. The van der Waals surface area contributed by atoms with Gasteiger partial charge in [-0.2, -0.15) is 4.98 Å². The first-order valence-electron chi connectivity index (χ1n) is 7.57. The first-order valence-corrected chi connectivity index (χ1v) is 8.64. The monoisotopic (exact) mass is 483 g/mol. The smallest absolute Gasteiger partial charge is 0.315 e. The minimum absolute atomic E-state index is 0.0216. The predicted octanol–water partition coefficient (Wildman–Crippen LogP) is 3.94. The van der Waals surface area contributed by atoms with E-state index in [1.54, 1.807) is 13.2 Å². The zero-order valence-corrected chi connectivity index (χ0v) is 16.7. The second kappa shape index (κ2) is 7.78. The fraction of sp³-hybridized carbons (Fsp3) is 0.176. The summed E-state index contributed by atoms with van der Waals surface area (Å²) < 4.78 is 21.8. The number of nitro groups is 1. The molecule has 0 aliphatic rings. The molecule has 0 unspecified atom stereocenters. The highest BCUT2D eigenvalue weighted by molar-refractivity contribution is 14.1. The maximum absolute atomic E-state index is 11.4. The molecule has 0 aliphatic heterocycles. The van der Waals surface area contributed by atoms with E-state index in [0.717, 1.165) is 3.57 Å². The number of benzene rings is 2. The van der Waals surface area contributed by atoms with Gasteiger partial charge >= 0.3 is 5.69 Å². The van der Waals surface area contributed by atoms with Gasteiger partial charge in [0.05, 0.1) is 35.4 Å². The standard InChI is InChI=1S/C17H14IN3O6/c1-24-13-7-9(4-5-11(13)18)16-19-17(27-20-16)10-6-12(21(22)23)15(26-3)14(8-10)25-2/h4-8H,1-3H3. The first-order chi connectivity index (χ1) is 13.0. The molecule has 3 rings (SSSR count). The summed E-state index contributed by atoms with van der Waals surface area (Å²) >= 11 is 2.16. The van der Waals surface area contributed by atoms with Crippen molar-refractivity contribution in [3.8, 4) is 40.1 Å². The molecule has 0 saturated carbocycles. The molecule has 1 aromatic heterocycles. The quantitative estimate of drug-likeness (QED) is 0.295. The van der Waals surface area contributed by atoms with Gasteiger partial charge in [0, 0.05) is 11.6 Å². The molecule has 27 heavy (non-hydrogen) atoms. The van der Waals surface area contributed by atoms with Crippen LogP contribution in [0.4, 0.5) is 5.69 Å². The molecular weight excluding hydrogens is 469 g/mol. The van der Waals surface area contributed by atoms with Crippen LogP contribution in [0.1, 0.15) is 0 Å². The molecule has 0 aliphatic carbocycles. The largest absolute Gasteiger partial charge is 0.496 e. The van der Waals surface area contributed by atoms with E-state index < -0.39 is 4.92 Å². The van der Waals surface area contributed by atoms with E-state index in [2.05, 4.69) is 32.7 Å². The highest BCUT2D eigenvalue weighted by atomic mass is 127. The van der Waals surface area contributed by atoms with Gasteiger partial charge in [-0.05, 0) is 46.9 Å². The van der Waals surface area contributed by atoms with E-state index in [1.807, 2.05) is 12.1 Å². The van der Waals surface area contributed by atoms with Gasteiger partial charge in [-0.25, -0.2) is 0 Å². The number of hydrogen-bond acceptors (Lipinski definition) is 8. The lowest BCUT2D eigenvalue weighted by Gasteiger charge is -2.08. The lowest BCUT2D eigenvalue weighted by atomic mass is 10.1. The highest BCUT2D eigenvalue weighted by Gasteiger charge is 2.24. The van der Waals surface area contributed by atoms with Gasteiger partial charge in [0.15, 0.2) is 5.75 Å². The molecule has 0 atom stereocenters. The summed E-state index contributed by atoms with van der Waals surface area (Å²) in [7, 11) is 4.30. The van der Waals surface area contributed by atoms with E-state index in [1.165, 1.54) is 26.4 Å². The third kappa shape index (κ3) is 3.65. The summed E-state index contributed by atoms with van der Waals surface area (Å²) in [5.74, 6) is 1.34. The van der Waals surface area contributed by atoms with Crippen molar-refractivity contribution >= 4 is 28.3 Å². The van der Waals surface area contributed by atoms with Crippen LogP contribution in [0.25, 0.3) is 22.8 Å². The van der Waals surface area contributed by atoms with E-state index >= 15 is 0 Å². The molecule has 2 aromatic carbocycles. The summed E-state index contributed by atoms with van der Waals surface area (Å²) in [5.41, 5.74) is 0.773. The van der Waals surface area contributed by atoms with Crippen LogP contribution in [-0.4, -0.2) is 36.4 Å². The summed E-state index contributed by atoms with van der Waals surface area (Å²) in [4.78, 5) is 15.1. The Hall–Kier alpha value is -2.89. The Labute approximate surface area is 167 Å². The summed E-state index contributed by atoms with van der Waals surface area (Å²) in [6, 6.07) is 8.32. The van der Waals surface area contributed by atoms with E-state index in [9.17, 15) is 10.1 Å². The van der Waals surface area contributed by atoms with Gasteiger partial charge in [0.25, 0.3) is 5.89 Å². The van der Waals surface area contributed by atoms with Crippen molar-refractivity contribution in [2.45, 2.75) is 0 Å². The molecule has 1 heterocycles. The van der Waals surface area contributed by atoms with Gasteiger partial charge in [0.2, 0.25) is 11.6 Å². The van der Waals surface area contributed by atoms with Crippen molar-refractivity contribution in [3.63, 3.8) is 0 Å². The van der Waals surface area contributed by atoms with Crippen LogP contribution in [0.15, 0.2) is 34.9 Å². The maximum Gasteiger partial charge on any atom is 0.315 e. The van der Waals surface area contributed by atoms with Crippen molar-refractivity contribution in [3.05, 3.63) is 44.0 Å². The molecule has 3 aromatic rings. The van der Waals surface area contributed by atoms with Crippen molar-refractivity contribution in [1.29, 1.82) is 0 Å². The van der Waals surface area contributed by atoms with Crippen molar-refractivity contribution in [2.24, 2.45) is 0 Å². The molecule has 0 fully saturated rings. The third-order valence-corrected chi connectivity index (χ3v) is 4.63. The second-order valence-corrected chi connectivity index (χ2v) is 6.42. The van der Waals surface area contributed by atoms with Crippen LogP contribution in [0.2, 0.25) is 0 Å². The van der Waals surface area contributed by atoms with Crippen LogP contribution in [0.5, 0.6) is 17.2 Å². The van der Waals surface area contributed by atoms with Gasteiger partial charge in [-0.1, -0.05) is 5.16 Å². The number of rotatable bonds is 6. The number of halogens is 1. The number of hydrogen-bond donors (Lipinski definition) is 0. The van der Waals surface area contributed by atoms with E-state index in [4.69, 9.17) is 18.7 Å². The average molecular weight is 483 g/mol. The van der Waals surface area contributed by atoms with Crippen molar-refractivity contribution < 1.29 is 23.7 Å². The summed E-state index contributed by atoms with van der Waals surface area (Å²) in [6.45, 7) is 0. The minimum Gasteiger partial charge on any atom is -0.496 e. The Morgan fingerprint density at radius 3 is 2.37 bits per heavy atom. The molecule has 0 bridgehead atoms. The fourth-order valence-corrected chi connectivity index (χ4v) is 3.02. The Bertz CT molecular complexity index is 1000. The number of nitro benzene ring substituents is 1. The Kier molecular flexibility index (Phi) is 5.44. The lowest BCUT2D eigenvalue weighted by molar-refractivity contribution is -0.385. The Morgan fingerprint density at radius 2 is 1.74 bits per heavy atom. The topological polar surface area (TPSA) is 110 Å². The lowest BCUT2D eigenvalue weighted by Crippen LogP contribution is -1.98. The second-order valence-electron chi connectivity index (χ2n) is 5.26. The number of aromatic nitrogens is 2. The molecule has 0 N–H and O–H groups in total. The van der Waals surface area contributed by atoms with Gasteiger partial charge < -0.3 is 18.7 Å². The van der Waals surface area contributed by atoms with Gasteiger partial charge in [0.1, 0.15) is 5.75 Å². The van der Waals surface area contributed by atoms with Crippen molar-refractivity contribution in [1.82, 2.24) is 10.1 Å². The minimum atomic E-state index is -0.563. The molecule has 140 valence electrons. The Morgan fingerprint density at radius 1 is 1.04 bits per heavy atom. The molecule has 0 radical (unpaired) electrons. The third-order valence-electron chi connectivity index (χ3n) is 3.74. The molecule has 10 heteroatoms. The SMILES string of the molecule is COc1cc(-c2noc(-c3cc(OC)c(OC)c([N+](=O)[O-])c3)n2)ccc1I. The molecule has 0 amide bonds. The van der Waals surface area contributed by atoms with E-state index in [0.29, 0.717) is 22.7 Å².